The second-order valence-electron chi connectivity index (χ2n) is 6.50. The molecule has 0 unspecified atom stereocenters. The molecule has 27 heavy (non-hydrogen) atoms. The average Bonchev–Trinajstić information content (AvgIpc) is 3.25. The van der Waals surface area contributed by atoms with Crippen LogP contribution in [0, 0.1) is 29.1 Å². The predicted molar refractivity (Wildman–Crippen MR) is 80.4 cm³/mol. The number of rotatable bonds is 1. The van der Waals surface area contributed by atoms with Gasteiger partial charge in [0.25, 0.3) is 0 Å². The summed E-state index contributed by atoms with van der Waals surface area (Å²) in [4.78, 5) is 0. The molecule has 2 aliphatic rings. The Morgan fingerprint density at radius 3 is 2.37 bits per heavy atom. The number of nitrogens with zero attached hydrogens (tertiary/aromatic N) is 3. The van der Waals surface area contributed by atoms with E-state index >= 15 is 0 Å². The monoisotopic (exact) mass is 380 g/mol. The van der Waals surface area contributed by atoms with E-state index in [4.69, 9.17) is 4.74 Å². The highest BCUT2D eigenvalue weighted by molar-refractivity contribution is 5.37. The first-order chi connectivity index (χ1) is 13.0. The molecule has 1 aliphatic heterocycles. The molecule has 9 heteroatoms. The van der Waals surface area contributed by atoms with Gasteiger partial charge in [0.2, 0.25) is 41.1 Å². The van der Waals surface area contributed by atoms with Crippen LogP contribution in [0.5, 0.6) is 0 Å². The lowest BCUT2D eigenvalue weighted by molar-refractivity contribution is -0.739. The van der Waals surface area contributed by atoms with E-state index in [2.05, 4.69) is 5.10 Å². The molecule has 138 valence electrons. The van der Waals surface area contributed by atoms with E-state index in [1.54, 1.807) is 4.57 Å². The van der Waals surface area contributed by atoms with Crippen molar-refractivity contribution in [3.63, 3.8) is 0 Å². The van der Waals surface area contributed by atoms with Crippen molar-refractivity contribution in [1.82, 2.24) is 9.78 Å². The maximum atomic E-state index is 14.1. The van der Waals surface area contributed by atoms with E-state index < -0.39 is 34.8 Å². The van der Waals surface area contributed by atoms with E-state index in [1.807, 2.05) is 24.3 Å². The second kappa shape index (κ2) is 5.59. The molecule has 2 atom stereocenters. The summed E-state index contributed by atoms with van der Waals surface area (Å²) in [6.45, 7) is 0.0670. The Kier molecular flexibility index (Phi) is 3.39. The molecule has 0 radical (unpaired) electrons. The third-order valence-corrected chi connectivity index (χ3v) is 5.04. The van der Waals surface area contributed by atoms with Crippen LogP contribution in [0.25, 0.3) is 5.69 Å². The third-order valence-electron chi connectivity index (χ3n) is 5.04. The van der Waals surface area contributed by atoms with Crippen molar-refractivity contribution in [3.05, 3.63) is 76.6 Å². The van der Waals surface area contributed by atoms with Gasteiger partial charge in [-0.1, -0.05) is 28.9 Å². The number of halogens is 5. The maximum absolute atomic E-state index is 14.1. The summed E-state index contributed by atoms with van der Waals surface area (Å²) >= 11 is 0. The molecule has 0 fully saturated rings. The quantitative estimate of drug-likeness (QED) is 0.281. The van der Waals surface area contributed by atoms with E-state index in [-0.39, 0.29) is 18.8 Å². The Balaban J connectivity index is 1.68. The van der Waals surface area contributed by atoms with Crippen molar-refractivity contribution in [2.45, 2.75) is 25.2 Å². The number of aromatic nitrogens is 3. The molecule has 1 aromatic heterocycles. The number of hydrogen-bond acceptors (Lipinski definition) is 2. The molecule has 5 rings (SSSR count). The van der Waals surface area contributed by atoms with Gasteiger partial charge in [-0.15, -0.1) is 0 Å². The summed E-state index contributed by atoms with van der Waals surface area (Å²) in [7, 11) is 0. The molecular formula is C18H11F5N3O+. The minimum absolute atomic E-state index is 0.0670. The van der Waals surface area contributed by atoms with Gasteiger partial charge >= 0.3 is 5.82 Å². The molecule has 3 aromatic rings. The highest BCUT2D eigenvalue weighted by Gasteiger charge is 2.44. The van der Waals surface area contributed by atoms with Gasteiger partial charge < -0.3 is 4.74 Å². The maximum Gasteiger partial charge on any atom is 0.304 e. The van der Waals surface area contributed by atoms with Gasteiger partial charge in [0.1, 0.15) is 18.8 Å². The van der Waals surface area contributed by atoms with Crippen LogP contribution in [0.15, 0.2) is 30.6 Å². The lowest BCUT2D eigenvalue weighted by Crippen LogP contribution is -2.51. The summed E-state index contributed by atoms with van der Waals surface area (Å²) in [5, 5.41) is 4.01. The molecule has 2 heterocycles. The van der Waals surface area contributed by atoms with Crippen LogP contribution < -0.4 is 4.57 Å². The standard InChI is InChI=1S/C18H11F5N3O/c19-12-13(20)15(22)18(16(23)14(12)21)26-7-25-11(24-26)6-27-10-5-8-3-1-2-4-9(8)17(10)25/h1-4,7,10,17H,5-6H2/q+1/t10-,17-/m1/s1. The smallest absolute Gasteiger partial charge is 0.304 e. The number of fused-ring (bicyclic) bond motifs is 5. The van der Waals surface area contributed by atoms with Gasteiger partial charge in [0, 0.05) is 11.5 Å². The first-order valence-corrected chi connectivity index (χ1v) is 8.18. The fourth-order valence-corrected chi connectivity index (χ4v) is 3.82. The average molecular weight is 380 g/mol. The van der Waals surface area contributed by atoms with Gasteiger partial charge in [-0.3, -0.25) is 0 Å². The Hall–Kier alpha value is -2.81. The molecule has 0 bridgehead atoms. The van der Waals surface area contributed by atoms with Crippen LogP contribution in [0.1, 0.15) is 23.0 Å². The minimum atomic E-state index is -2.20. The van der Waals surface area contributed by atoms with Crippen LogP contribution in [-0.4, -0.2) is 15.9 Å². The minimum Gasteiger partial charge on any atom is -0.363 e. The third kappa shape index (κ3) is 2.18. The summed E-state index contributed by atoms with van der Waals surface area (Å²) < 4.78 is 76.8. The van der Waals surface area contributed by atoms with Gasteiger partial charge in [-0.2, -0.15) is 8.78 Å². The van der Waals surface area contributed by atoms with Crippen LogP contribution in [0.2, 0.25) is 0 Å². The van der Waals surface area contributed by atoms with Crippen LogP contribution in [-0.2, 0) is 17.8 Å². The van der Waals surface area contributed by atoms with Crippen molar-refractivity contribution in [2.75, 3.05) is 0 Å². The molecule has 2 aromatic carbocycles. The van der Waals surface area contributed by atoms with E-state index in [0.717, 1.165) is 11.1 Å². The molecule has 0 N–H and O–H groups in total. The van der Waals surface area contributed by atoms with E-state index in [0.29, 0.717) is 16.9 Å². The molecule has 0 amide bonds. The van der Waals surface area contributed by atoms with Crippen LogP contribution in [0.3, 0.4) is 0 Å². The largest absolute Gasteiger partial charge is 0.363 e. The Morgan fingerprint density at radius 1 is 0.963 bits per heavy atom. The molecular weight excluding hydrogens is 369 g/mol. The summed E-state index contributed by atoms with van der Waals surface area (Å²) in [5.74, 6) is -9.76. The summed E-state index contributed by atoms with van der Waals surface area (Å²) in [5.41, 5.74) is 0.943. The van der Waals surface area contributed by atoms with Crippen molar-refractivity contribution < 1.29 is 31.3 Å². The zero-order valence-electron chi connectivity index (χ0n) is 13.6. The predicted octanol–water partition coefficient (Wildman–Crippen LogP) is 2.90. The lowest BCUT2D eigenvalue weighted by atomic mass is 10.1. The number of ether oxygens (including phenoxy) is 1. The fourth-order valence-electron chi connectivity index (χ4n) is 3.82. The van der Waals surface area contributed by atoms with Crippen LogP contribution in [0.4, 0.5) is 22.0 Å². The first kappa shape index (κ1) is 16.4. The highest BCUT2D eigenvalue weighted by atomic mass is 19.2. The SMILES string of the molecule is Fc1c(F)c(F)c(-n2c[n+]3c(n2)CO[C@@H]2Cc4ccccc4[C@H]23)c(F)c1F. The summed E-state index contributed by atoms with van der Waals surface area (Å²) in [6.07, 6.45) is 1.73. The van der Waals surface area contributed by atoms with Gasteiger partial charge in [0.05, 0.1) is 0 Å². The topological polar surface area (TPSA) is 30.9 Å². The molecule has 0 saturated carbocycles. The zero-order valence-corrected chi connectivity index (χ0v) is 13.6. The Morgan fingerprint density at radius 2 is 1.63 bits per heavy atom. The van der Waals surface area contributed by atoms with Crippen molar-refractivity contribution in [1.29, 1.82) is 0 Å². The van der Waals surface area contributed by atoms with Gasteiger partial charge in [0.15, 0.2) is 0 Å². The number of benzene rings is 2. The Bertz CT molecular complexity index is 1070. The van der Waals surface area contributed by atoms with Crippen LogP contribution >= 0.6 is 0 Å². The highest BCUT2D eigenvalue weighted by Crippen LogP contribution is 2.36. The van der Waals surface area contributed by atoms with E-state index in [9.17, 15) is 22.0 Å². The lowest BCUT2D eigenvalue weighted by Gasteiger charge is -2.23. The second-order valence-corrected chi connectivity index (χ2v) is 6.50. The van der Waals surface area contributed by atoms with Crippen molar-refractivity contribution in [2.24, 2.45) is 0 Å². The van der Waals surface area contributed by atoms with Crippen molar-refractivity contribution in [3.8, 4) is 5.69 Å². The molecule has 0 saturated heterocycles. The van der Waals surface area contributed by atoms with Gasteiger partial charge in [-0.25, -0.2) is 17.7 Å². The Labute approximate surface area is 149 Å². The van der Waals surface area contributed by atoms with E-state index in [1.165, 1.54) is 6.33 Å². The summed E-state index contributed by atoms with van der Waals surface area (Å²) in [6, 6.07) is 7.37. The molecule has 0 spiro atoms. The van der Waals surface area contributed by atoms with Crippen molar-refractivity contribution >= 4 is 0 Å². The normalized spacial score (nSPS) is 20.3. The number of hydrogen-bond donors (Lipinski definition) is 0. The first-order valence-electron chi connectivity index (χ1n) is 8.18. The molecule has 1 aliphatic carbocycles. The molecule has 4 nitrogen and oxygen atoms in total. The van der Waals surface area contributed by atoms with Gasteiger partial charge in [-0.05, 0) is 11.1 Å². The zero-order chi connectivity index (χ0) is 18.9. The fraction of sp³-hybridized carbons (Fsp3) is 0.222.